The van der Waals surface area contributed by atoms with E-state index < -0.39 is 88.7 Å². The number of carbonyl (C=O) groups is 4. The van der Waals surface area contributed by atoms with E-state index >= 15 is 9.59 Å². The van der Waals surface area contributed by atoms with Crippen molar-refractivity contribution in [1.82, 2.24) is 9.80 Å². The lowest BCUT2D eigenvalue weighted by Crippen LogP contribution is -2.82. The zero-order chi connectivity index (χ0) is 56.8. The van der Waals surface area contributed by atoms with Crippen LogP contribution in [0.4, 0.5) is 0 Å². The minimum absolute atomic E-state index is 0.00871. The van der Waals surface area contributed by atoms with Crippen LogP contribution in [0.2, 0.25) is 0 Å². The molecule has 12 rings (SSSR count). The Hall–Kier alpha value is -5.24. The van der Waals surface area contributed by atoms with E-state index in [1.165, 1.54) is 29.8 Å². The molecule has 1 spiro atoms. The molecule has 2 aromatic rings. The number of piperidine rings is 1. The van der Waals surface area contributed by atoms with Gasteiger partial charge in [0.1, 0.15) is 52.8 Å². The molecule has 3 aliphatic carbocycles. The molecule has 3 saturated carbocycles. The topological polar surface area (TPSA) is 198 Å². The molecule has 432 valence electrons. The van der Waals surface area contributed by atoms with Crippen LogP contribution in [0.5, 0.6) is 23.0 Å². The number of aliphatic hydroxyl groups excluding tert-OH is 2. The van der Waals surface area contributed by atoms with E-state index in [0.717, 1.165) is 31.3 Å². The van der Waals surface area contributed by atoms with Gasteiger partial charge in [-0.1, -0.05) is 29.4 Å². The van der Waals surface area contributed by atoms with E-state index in [-0.39, 0.29) is 65.3 Å². The second-order valence-electron chi connectivity index (χ2n) is 25.3. The minimum atomic E-state index is -1.69. The summed E-state index contributed by atoms with van der Waals surface area (Å²) in [6, 6.07) is 5.47. The van der Waals surface area contributed by atoms with Crippen LogP contribution in [0.3, 0.4) is 0 Å². The number of nitrogens with zero attached hydrogens (tertiary/aromatic N) is 2. The Morgan fingerprint density at radius 3 is 2.26 bits per heavy atom. The SMILES string of the molecule is CC(C)=CCCC1(C)C=Cc2c(c(CC=C(C)C)c3c(c2OC(=O)c2ccc(O[C@@H]4O[C@@H]5COC(C)(C)O[C@H]5[C@@H](O)[C@H]4O)cc2)C(=O)C2C(N4CCOCC4)C4CC5C(C)(C)OC(C/C=C(/C)C(=O)N6CCCCC6)(C4=O)C25O3)O1. The van der Waals surface area contributed by atoms with Gasteiger partial charge in [0.15, 0.2) is 34.3 Å². The van der Waals surface area contributed by atoms with Crippen LogP contribution in [0, 0.1) is 17.8 Å². The number of allylic oxidation sites excluding steroid dienone is 4. The van der Waals surface area contributed by atoms with Crippen LogP contribution in [-0.2, 0) is 39.7 Å². The van der Waals surface area contributed by atoms with Crippen molar-refractivity contribution in [2.75, 3.05) is 46.0 Å². The molecule has 10 aliphatic rings. The lowest BCUT2D eigenvalue weighted by molar-refractivity contribution is -0.373. The van der Waals surface area contributed by atoms with E-state index in [9.17, 15) is 19.8 Å². The van der Waals surface area contributed by atoms with Gasteiger partial charge in [-0.3, -0.25) is 19.3 Å². The summed E-state index contributed by atoms with van der Waals surface area (Å²) in [6.07, 6.45) is 9.23. The summed E-state index contributed by atoms with van der Waals surface area (Å²) >= 11 is 0. The lowest BCUT2D eigenvalue weighted by Gasteiger charge is -2.64. The van der Waals surface area contributed by atoms with Crippen molar-refractivity contribution in [3.8, 4) is 23.0 Å². The van der Waals surface area contributed by atoms with Crippen molar-refractivity contribution in [1.29, 1.82) is 0 Å². The van der Waals surface area contributed by atoms with Crippen LogP contribution in [-0.4, -0.2) is 154 Å². The number of benzene rings is 2. The monoisotopic (exact) mass is 1100 g/mol. The highest BCUT2D eigenvalue weighted by Gasteiger charge is 2.86. The highest BCUT2D eigenvalue weighted by atomic mass is 16.8. The van der Waals surface area contributed by atoms with E-state index in [1.54, 1.807) is 20.8 Å². The number of likely N-dealkylation sites (tertiary alicyclic amines) is 1. The number of fused-ring (bicyclic) bond motifs is 3. The van der Waals surface area contributed by atoms with E-state index in [2.05, 4.69) is 30.9 Å². The molecule has 0 aromatic heterocycles. The molecule has 8 fully saturated rings. The summed E-state index contributed by atoms with van der Waals surface area (Å²) in [5.74, 6) is -3.60. The highest BCUT2D eigenvalue weighted by Crippen LogP contribution is 2.71. The van der Waals surface area contributed by atoms with E-state index in [0.29, 0.717) is 74.7 Å². The molecule has 7 unspecified atom stereocenters. The summed E-state index contributed by atoms with van der Waals surface area (Å²) < 4.78 is 58.7. The Kier molecular flexibility index (Phi) is 15.0. The number of morpholine rings is 1. The average Bonchev–Trinajstić information content (AvgIpc) is 1.91. The third-order valence-electron chi connectivity index (χ3n) is 18.3. The molecule has 80 heavy (non-hydrogen) atoms. The number of hydrogen-bond donors (Lipinski definition) is 2. The molecule has 12 atom stereocenters. The van der Waals surface area contributed by atoms with Gasteiger partial charge in [-0.2, -0.15) is 0 Å². The van der Waals surface area contributed by atoms with Gasteiger partial charge in [-0.25, -0.2) is 4.79 Å². The first-order valence-electron chi connectivity index (χ1n) is 28.9. The summed E-state index contributed by atoms with van der Waals surface area (Å²) in [5.41, 5.74) is -1.18. The maximum absolute atomic E-state index is 16.8. The van der Waals surface area contributed by atoms with Crippen LogP contribution in [0.15, 0.2) is 65.3 Å². The Morgan fingerprint density at radius 1 is 0.850 bits per heavy atom. The Bertz CT molecular complexity index is 2920. The number of ketones is 2. The minimum Gasteiger partial charge on any atom is -0.482 e. The van der Waals surface area contributed by atoms with Crippen molar-refractivity contribution in [2.45, 2.75) is 186 Å². The zero-order valence-electron chi connectivity index (χ0n) is 48.1. The molecule has 2 aromatic carbocycles. The summed E-state index contributed by atoms with van der Waals surface area (Å²) in [4.78, 5) is 65.9. The molecule has 1 amide bonds. The first-order valence-corrected chi connectivity index (χ1v) is 28.9. The second kappa shape index (κ2) is 21.2. The summed E-state index contributed by atoms with van der Waals surface area (Å²) in [7, 11) is 0. The average molecular weight is 1110 g/mol. The Labute approximate surface area is 469 Å². The number of rotatable bonds is 13. The third kappa shape index (κ3) is 9.68. The number of carbonyl (C=O) groups excluding carboxylic acids is 4. The fourth-order valence-electron chi connectivity index (χ4n) is 14.4. The molecular formula is C63H80N2O15. The quantitative estimate of drug-likeness (QED) is 0.0845. The van der Waals surface area contributed by atoms with Crippen LogP contribution < -0.4 is 18.9 Å². The molecule has 17 nitrogen and oxygen atoms in total. The fourth-order valence-corrected chi connectivity index (χ4v) is 14.4. The summed E-state index contributed by atoms with van der Waals surface area (Å²) in [5, 5.41) is 22.2. The first kappa shape index (κ1) is 56.6. The van der Waals surface area contributed by atoms with Crippen molar-refractivity contribution in [3.63, 3.8) is 0 Å². The van der Waals surface area contributed by atoms with Gasteiger partial charge in [-0.15, -0.1) is 0 Å². The normalized spacial score (nSPS) is 34.7. The van der Waals surface area contributed by atoms with Gasteiger partial charge in [0.05, 0.1) is 42.5 Å². The first-order chi connectivity index (χ1) is 38.0. The summed E-state index contributed by atoms with van der Waals surface area (Å²) in [6.45, 7) is 22.6. The number of hydrogen-bond acceptors (Lipinski definition) is 16. The van der Waals surface area contributed by atoms with Gasteiger partial charge in [0.25, 0.3) is 0 Å². The molecule has 4 bridgehead atoms. The molecule has 17 heteroatoms. The number of amides is 1. The lowest BCUT2D eigenvalue weighted by atomic mass is 9.44. The van der Waals surface area contributed by atoms with Gasteiger partial charge in [-0.05, 0) is 151 Å². The highest BCUT2D eigenvalue weighted by molar-refractivity contribution is 6.11. The molecular weight excluding hydrogens is 1020 g/mol. The van der Waals surface area contributed by atoms with Gasteiger partial charge in [0, 0.05) is 61.6 Å². The zero-order valence-corrected chi connectivity index (χ0v) is 48.1. The van der Waals surface area contributed by atoms with Crippen molar-refractivity contribution < 1.29 is 72.0 Å². The largest absolute Gasteiger partial charge is 0.482 e. The van der Waals surface area contributed by atoms with Crippen molar-refractivity contribution >= 4 is 29.5 Å². The standard InChI is InChI=1S/C63H80N2O15/c1-35(2)15-14-24-61(10)25-23-41-51(78-61)40(21-16-36(3)4)53-45(52(41)76-57(71)38-17-19-39(20-18-38)74-58-50(68)49(67)54-43(75-58)34-73-60(8,9)77-54)48(66)46-47(64-29-31-72-32-30-64)42-33-44-59(6,7)80-62(55(42)69,63(44,46)79-53)26-22-37(5)56(70)65-27-12-11-13-28-65/h15-20,22-23,25,42-44,46-47,49-50,54,58,67-68H,11-14,21,24,26-34H2,1-10H3/b37-22-/t42?,43-,44?,46?,47?,49+,50-,54-,58-,61?,62?,63?/m1/s1. The number of esters is 1. The number of Topliss-reactive ketones (excluding diaryl/α,β-unsaturated/α-hetero) is 2. The van der Waals surface area contributed by atoms with Gasteiger partial charge >= 0.3 is 5.97 Å². The maximum atomic E-state index is 16.8. The smallest absolute Gasteiger partial charge is 0.343 e. The third-order valence-corrected chi connectivity index (χ3v) is 18.3. The number of aliphatic hydroxyl groups is 2. The Balaban J connectivity index is 1.03. The second-order valence-corrected chi connectivity index (χ2v) is 25.3. The van der Waals surface area contributed by atoms with Crippen LogP contribution >= 0.6 is 0 Å². The predicted octanol–water partition coefficient (Wildman–Crippen LogP) is 8.05. The molecule has 0 radical (unpaired) electrons. The molecule has 7 aliphatic heterocycles. The van der Waals surface area contributed by atoms with Crippen LogP contribution in [0.1, 0.15) is 146 Å². The van der Waals surface area contributed by atoms with E-state index in [4.69, 9.17) is 42.6 Å². The van der Waals surface area contributed by atoms with Gasteiger partial charge in [0.2, 0.25) is 12.2 Å². The van der Waals surface area contributed by atoms with Crippen molar-refractivity contribution in [3.05, 3.63) is 87.5 Å². The van der Waals surface area contributed by atoms with E-state index in [1.807, 2.05) is 57.7 Å². The Morgan fingerprint density at radius 2 is 1.56 bits per heavy atom. The fraction of sp³-hybridized carbons (Fsp3) is 0.619. The van der Waals surface area contributed by atoms with Crippen molar-refractivity contribution in [2.24, 2.45) is 17.8 Å². The molecule has 7 heterocycles. The molecule has 5 saturated heterocycles. The van der Waals surface area contributed by atoms with Gasteiger partial charge < -0.3 is 57.7 Å². The number of ether oxygens (including phenoxy) is 9. The maximum Gasteiger partial charge on any atom is 0.343 e. The predicted molar refractivity (Wildman–Crippen MR) is 295 cm³/mol. The van der Waals surface area contributed by atoms with Crippen LogP contribution in [0.25, 0.3) is 6.08 Å². The molecule has 2 N–H and O–H groups in total.